The lowest BCUT2D eigenvalue weighted by atomic mass is 9.90. The van der Waals surface area contributed by atoms with Crippen LogP contribution in [-0.4, -0.2) is 33.0 Å². The summed E-state index contributed by atoms with van der Waals surface area (Å²) in [6, 6.07) is 7.85. The standard InChI is InChI=1S/C19H21NO5S2/c1-12-3-8-17-14(9-12)10-18(26-17)19(22)25-11-16(21)13-4-6-15(7-5-13)20-27(2,23)24/h4-7,10,12,20H,3,8-9,11H2,1-2H3/t12-/m0/s1. The van der Waals surface area contributed by atoms with Gasteiger partial charge in [-0.3, -0.25) is 9.52 Å². The average Bonchev–Trinajstić information content (AvgIpc) is 3.01. The number of sulfonamides is 1. The first-order valence-electron chi connectivity index (χ1n) is 8.61. The van der Waals surface area contributed by atoms with Gasteiger partial charge in [0, 0.05) is 16.1 Å². The number of carbonyl (C=O) groups is 2. The summed E-state index contributed by atoms with van der Waals surface area (Å²) >= 11 is 1.45. The zero-order valence-electron chi connectivity index (χ0n) is 15.2. The van der Waals surface area contributed by atoms with E-state index in [1.165, 1.54) is 46.0 Å². The molecule has 0 spiro atoms. The number of aryl methyl sites for hydroxylation is 1. The van der Waals surface area contributed by atoms with Crippen LogP contribution in [-0.2, 0) is 27.6 Å². The molecule has 144 valence electrons. The van der Waals surface area contributed by atoms with Crippen molar-refractivity contribution in [1.82, 2.24) is 0 Å². The van der Waals surface area contributed by atoms with Crippen LogP contribution in [0.4, 0.5) is 5.69 Å². The van der Waals surface area contributed by atoms with Crippen LogP contribution >= 0.6 is 11.3 Å². The Morgan fingerprint density at radius 2 is 1.96 bits per heavy atom. The number of Topliss-reactive ketones (excluding diaryl/α,β-unsaturated/α-hetero) is 1. The number of rotatable bonds is 6. The van der Waals surface area contributed by atoms with E-state index in [9.17, 15) is 18.0 Å². The van der Waals surface area contributed by atoms with Crippen molar-refractivity contribution < 1.29 is 22.7 Å². The number of benzene rings is 1. The third-order valence-electron chi connectivity index (χ3n) is 4.37. The van der Waals surface area contributed by atoms with Gasteiger partial charge in [0.2, 0.25) is 10.0 Å². The Morgan fingerprint density at radius 1 is 1.26 bits per heavy atom. The molecule has 1 aliphatic carbocycles. The number of hydrogen-bond donors (Lipinski definition) is 1. The topological polar surface area (TPSA) is 89.5 Å². The van der Waals surface area contributed by atoms with E-state index in [2.05, 4.69) is 11.6 Å². The van der Waals surface area contributed by atoms with Crippen LogP contribution in [0, 0.1) is 5.92 Å². The summed E-state index contributed by atoms with van der Waals surface area (Å²) in [4.78, 5) is 26.2. The molecule has 2 aromatic rings. The smallest absolute Gasteiger partial charge is 0.348 e. The van der Waals surface area contributed by atoms with Crippen molar-refractivity contribution in [1.29, 1.82) is 0 Å². The monoisotopic (exact) mass is 407 g/mol. The number of ketones is 1. The predicted octanol–water partition coefficient (Wildman–Crippen LogP) is 3.28. The SMILES string of the molecule is C[C@H]1CCc2sc(C(=O)OCC(=O)c3ccc(NS(C)(=O)=O)cc3)cc2C1. The number of nitrogens with one attached hydrogen (secondary N) is 1. The molecule has 3 rings (SSSR count). The molecular formula is C19H21NO5S2. The van der Waals surface area contributed by atoms with Gasteiger partial charge in [0.15, 0.2) is 12.4 Å². The van der Waals surface area contributed by atoms with Gasteiger partial charge in [-0.15, -0.1) is 11.3 Å². The summed E-state index contributed by atoms with van der Waals surface area (Å²) in [6.07, 6.45) is 4.15. The second-order valence-corrected chi connectivity index (χ2v) is 9.74. The van der Waals surface area contributed by atoms with Gasteiger partial charge in [0.05, 0.1) is 6.26 Å². The molecule has 0 amide bonds. The number of ether oxygens (including phenoxy) is 1. The van der Waals surface area contributed by atoms with E-state index >= 15 is 0 Å². The van der Waals surface area contributed by atoms with E-state index < -0.39 is 16.0 Å². The number of anilines is 1. The third-order valence-corrected chi connectivity index (χ3v) is 6.20. The minimum Gasteiger partial charge on any atom is -0.453 e. The molecule has 6 nitrogen and oxygen atoms in total. The summed E-state index contributed by atoms with van der Waals surface area (Å²) in [5.41, 5.74) is 1.93. The Hall–Kier alpha value is -2.19. The highest BCUT2D eigenvalue weighted by Crippen LogP contribution is 2.32. The molecule has 0 saturated carbocycles. The number of thiophene rings is 1. The molecule has 1 atom stereocenters. The molecule has 1 aliphatic rings. The Morgan fingerprint density at radius 3 is 2.63 bits per heavy atom. The maximum atomic E-state index is 12.2. The maximum Gasteiger partial charge on any atom is 0.348 e. The summed E-state index contributed by atoms with van der Waals surface area (Å²) in [5.74, 6) is -0.201. The van der Waals surface area contributed by atoms with Gasteiger partial charge in [0.25, 0.3) is 0 Å². The molecule has 0 unspecified atom stereocenters. The van der Waals surface area contributed by atoms with Gasteiger partial charge in [-0.1, -0.05) is 6.92 Å². The van der Waals surface area contributed by atoms with E-state index in [0.717, 1.165) is 25.5 Å². The van der Waals surface area contributed by atoms with Crippen LogP contribution < -0.4 is 4.72 Å². The molecule has 0 saturated heterocycles. The molecule has 1 N–H and O–H groups in total. The predicted molar refractivity (Wildman–Crippen MR) is 105 cm³/mol. The van der Waals surface area contributed by atoms with E-state index in [0.29, 0.717) is 22.0 Å². The fourth-order valence-corrected chi connectivity index (χ4v) is 4.70. The lowest BCUT2D eigenvalue weighted by Crippen LogP contribution is -2.14. The highest BCUT2D eigenvalue weighted by Gasteiger charge is 2.22. The van der Waals surface area contributed by atoms with Gasteiger partial charge in [0.1, 0.15) is 4.88 Å². The summed E-state index contributed by atoms with van der Waals surface area (Å²) in [5, 5.41) is 0. The summed E-state index contributed by atoms with van der Waals surface area (Å²) in [7, 11) is -3.37. The molecule has 1 aromatic carbocycles. The zero-order chi connectivity index (χ0) is 19.6. The van der Waals surface area contributed by atoms with Gasteiger partial charge >= 0.3 is 5.97 Å². The zero-order valence-corrected chi connectivity index (χ0v) is 16.8. The minimum atomic E-state index is -3.37. The number of hydrogen-bond acceptors (Lipinski definition) is 6. The molecule has 8 heteroatoms. The Kier molecular flexibility index (Phi) is 5.67. The molecule has 1 heterocycles. The van der Waals surface area contributed by atoms with E-state index in [1.807, 2.05) is 6.07 Å². The Balaban J connectivity index is 1.58. The normalized spacial score (nSPS) is 16.4. The van der Waals surface area contributed by atoms with Crippen molar-refractivity contribution in [2.75, 3.05) is 17.6 Å². The second-order valence-electron chi connectivity index (χ2n) is 6.86. The molecule has 0 fully saturated rings. The van der Waals surface area contributed by atoms with Gasteiger partial charge in [-0.05, 0) is 61.1 Å². The molecule has 0 aliphatic heterocycles. The van der Waals surface area contributed by atoms with Crippen molar-refractivity contribution in [2.24, 2.45) is 5.92 Å². The van der Waals surface area contributed by atoms with Crippen molar-refractivity contribution >= 4 is 38.8 Å². The van der Waals surface area contributed by atoms with Gasteiger partial charge in [-0.25, -0.2) is 13.2 Å². The number of carbonyl (C=O) groups excluding carboxylic acids is 2. The van der Waals surface area contributed by atoms with Gasteiger partial charge in [-0.2, -0.15) is 0 Å². The molecule has 0 bridgehead atoms. The van der Waals surface area contributed by atoms with Crippen LogP contribution in [0.25, 0.3) is 0 Å². The Bertz CT molecular complexity index is 960. The van der Waals surface area contributed by atoms with Crippen LogP contribution in [0.2, 0.25) is 0 Å². The lowest BCUT2D eigenvalue weighted by Gasteiger charge is -2.16. The lowest BCUT2D eigenvalue weighted by molar-refractivity contribution is 0.0479. The fraction of sp³-hybridized carbons (Fsp3) is 0.368. The van der Waals surface area contributed by atoms with Crippen LogP contribution in [0.3, 0.4) is 0 Å². The van der Waals surface area contributed by atoms with E-state index in [-0.39, 0.29) is 12.4 Å². The first-order valence-corrected chi connectivity index (χ1v) is 11.3. The first kappa shape index (κ1) is 19.6. The van der Waals surface area contributed by atoms with Crippen LogP contribution in [0.5, 0.6) is 0 Å². The minimum absolute atomic E-state index is 0.343. The molecular weight excluding hydrogens is 386 g/mol. The summed E-state index contributed by atoms with van der Waals surface area (Å²) < 4.78 is 29.9. The van der Waals surface area contributed by atoms with Crippen molar-refractivity contribution in [3.63, 3.8) is 0 Å². The highest BCUT2D eigenvalue weighted by molar-refractivity contribution is 7.92. The number of fused-ring (bicyclic) bond motifs is 1. The quantitative estimate of drug-likeness (QED) is 0.586. The van der Waals surface area contributed by atoms with Crippen molar-refractivity contribution in [2.45, 2.75) is 26.2 Å². The third kappa shape index (κ3) is 5.17. The van der Waals surface area contributed by atoms with Crippen molar-refractivity contribution in [3.8, 4) is 0 Å². The second kappa shape index (κ2) is 7.82. The van der Waals surface area contributed by atoms with Crippen molar-refractivity contribution in [3.05, 3.63) is 51.2 Å². The highest BCUT2D eigenvalue weighted by atomic mass is 32.2. The number of esters is 1. The van der Waals surface area contributed by atoms with Crippen LogP contribution in [0.1, 0.15) is 43.8 Å². The fourth-order valence-electron chi connectivity index (χ4n) is 3.03. The average molecular weight is 408 g/mol. The summed E-state index contributed by atoms with van der Waals surface area (Å²) in [6.45, 7) is 1.85. The maximum absolute atomic E-state index is 12.2. The van der Waals surface area contributed by atoms with E-state index in [1.54, 1.807) is 0 Å². The van der Waals surface area contributed by atoms with Crippen LogP contribution in [0.15, 0.2) is 30.3 Å². The molecule has 0 radical (unpaired) electrons. The molecule has 1 aromatic heterocycles. The van der Waals surface area contributed by atoms with Gasteiger partial charge < -0.3 is 4.74 Å². The largest absolute Gasteiger partial charge is 0.453 e. The Labute approximate surface area is 162 Å². The van der Waals surface area contributed by atoms with E-state index in [4.69, 9.17) is 4.74 Å². The molecule has 27 heavy (non-hydrogen) atoms. The first-order chi connectivity index (χ1) is 12.7.